The first kappa shape index (κ1) is 17.7. The molecule has 3 rings (SSSR count). The van der Waals surface area contributed by atoms with Crippen molar-refractivity contribution >= 4 is 40.7 Å². The summed E-state index contributed by atoms with van der Waals surface area (Å²) in [7, 11) is 0. The third-order valence-electron chi connectivity index (χ3n) is 3.85. The van der Waals surface area contributed by atoms with Crippen LogP contribution in [0.5, 0.6) is 0 Å². The monoisotopic (exact) mass is 378 g/mol. The van der Waals surface area contributed by atoms with Crippen LogP contribution < -0.4 is 10.2 Å². The minimum absolute atomic E-state index is 0.0337. The highest BCUT2D eigenvalue weighted by Gasteiger charge is 2.27. The predicted molar refractivity (Wildman–Crippen MR) is 97.3 cm³/mol. The largest absolute Gasteiger partial charge is 0.365 e. The summed E-state index contributed by atoms with van der Waals surface area (Å²) >= 11 is 11.8. The number of benzene rings is 2. The van der Waals surface area contributed by atoms with Crippen LogP contribution in [0.4, 0.5) is 5.69 Å². The standard InChI is InChI=1S/C18H16Cl2N2O3/c19-13-6-4-12(5-7-13)18(24)21-9-16-10-22(17(23)11-25-16)15-3-1-2-14(20)8-15/h1-8,16H,9-11H2,(H,21,24). The van der Waals surface area contributed by atoms with Crippen LogP contribution in [0.15, 0.2) is 48.5 Å². The van der Waals surface area contributed by atoms with Gasteiger partial charge in [-0.05, 0) is 42.5 Å². The summed E-state index contributed by atoms with van der Waals surface area (Å²) < 4.78 is 5.52. The molecule has 1 aliphatic heterocycles. The van der Waals surface area contributed by atoms with Crippen molar-refractivity contribution in [1.29, 1.82) is 0 Å². The summed E-state index contributed by atoms with van der Waals surface area (Å²) in [5, 5.41) is 3.95. The van der Waals surface area contributed by atoms with Crippen molar-refractivity contribution in [3.05, 3.63) is 64.1 Å². The lowest BCUT2D eigenvalue weighted by atomic mass is 10.2. The number of carbonyl (C=O) groups is 2. The highest BCUT2D eigenvalue weighted by atomic mass is 35.5. The van der Waals surface area contributed by atoms with Crippen LogP contribution in [-0.2, 0) is 9.53 Å². The molecule has 1 heterocycles. The molecule has 25 heavy (non-hydrogen) atoms. The lowest BCUT2D eigenvalue weighted by Gasteiger charge is -2.33. The van der Waals surface area contributed by atoms with Gasteiger partial charge in [-0.3, -0.25) is 9.59 Å². The topological polar surface area (TPSA) is 58.6 Å². The Hall–Kier alpha value is -2.08. The summed E-state index contributed by atoms with van der Waals surface area (Å²) in [4.78, 5) is 25.9. The first-order valence-electron chi connectivity index (χ1n) is 7.74. The lowest BCUT2D eigenvalue weighted by Crippen LogP contribution is -2.50. The molecule has 130 valence electrons. The van der Waals surface area contributed by atoms with Crippen molar-refractivity contribution in [1.82, 2.24) is 5.32 Å². The average Bonchev–Trinajstić information content (AvgIpc) is 2.61. The SMILES string of the molecule is O=C(NCC1CN(c2cccc(Cl)c2)C(=O)CO1)c1ccc(Cl)cc1. The average molecular weight is 379 g/mol. The third-order valence-corrected chi connectivity index (χ3v) is 4.33. The summed E-state index contributed by atoms with van der Waals surface area (Å²) in [6, 6.07) is 13.7. The van der Waals surface area contributed by atoms with E-state index in [0.29, 0.717) is 28.7 Å². The quantitative estimate of drug-likeness (QED) is 0.888. The molecule has 1 saturated heterocycles. The van der Waals surface area contributed by atoms with Crippen molar-refractivity contribution in [2.45, 2.75) is 6.10 Å². The fourth-order valence-electron chi connectivity index (χ4n) is 2.55. The van der Waals surface area contributed by atoms with E-state index < -0.39 is 0 Å². The van der Waals surface area contributed by atoms with Crippen molar-refractivity contribution in [3.8, 4) is 0 Å². The molecular weight excluding hydrogens is 363 g/mol. The summed E-state index contributed by atoms with van der Waals surface area (Å²) in [5.41, 5.74) is 1.23. The fraction of sp³-hybridized carbons (Fsp3) is 0.222. The Labute approximate surface area is 155 Å². The van der Waals surface area contributed by atoms with Gasteiger partial charge in [0.25, 0.3) is 11.8 Å². The maximum absolute atomic E-state index is 12.2. The van der Waals surface area contributed by atoms with Crippen LogP contribution >= 0.6 is 23.2 Å². The van der Waals surface area contributed by atoms with Crippen LogP contribution in [0, 0.1) is 0 Å². The van der Waals surface area contributed by atoms with E-state index in [1.165, 1.54) is 0 Å². The van der Waals surface area contributed by atoms with E-state index in [9.17, 15) is 9.59 Å². The summed E-state index contributed by atoms with van der Waals surface area (Å²) in [6.07, 6.45) is -0.298. The van der Waals surface area contributed by atoms with Crippen molar-refractivity contribution in [2.75, 3.05) is 24.6 Å². The van der Waals surface area contributed by atoms with Crippen molar-refractivity contribution < 1.29 is 14.3 Å². The van der Waals surface area contributed by atoms with E-state index in [-0.39, 0.29) is 24.5 Å². The molecule has 2 amide bonds. The molecule has 0 aliphatic carbocycles. The van der Waals surface area contributed by atoms with Gasteiger partial charge in [-0.25, -0.2) is 0 Å². The molecule has 2 aromatic rings. The van der Waals surface area contributed by atoms with Crippen LogP contribution in [0.1, 0.15) is 10.4 Å². The molecule has 0 bridgehead atoms. The molecular formula is C18H16Cl2N2O3. The fourth-order valence-corrected chi connectivity index (χ4v) is 2.86. The Balaban J connectivity index is 1.61. The number of rotatable bonds is 4. The highest BCUT2D eigenvalue weighted by Crippen LogP contribution is 2.22. The maximum Gasteiger partial charge on any atom is 0.253 e. The van der Waals surface area contributed by atoms with Crippen molar-refractivity contribution in [2.24, 2.45) is 0 Å². The number of halogens is 2. The highest BCUT2D eigenvalue weighted by molar-refractivity contribution is 6.31. The van der Waals surface area contributed by atoms with Crippen LogP contribution in [-0.4, -0.2) is 37.6 Å². The zero-order chi connectivity index (χ0) is 17.8. The molecule has 0 spiro atoms. The number of nitrogens with one attached hydrogen (secondary N) is 1. The first-order chi connectivity index (χ1) is 12.0. The lowest BCUT2D eigenvalue weighted by molar-refractivity contribution is -0.129. The number of amides is 2. The number of carbonyl (C=O) groups excluding carboxylic acids is 2. The smallest absolute Gasteiger partial charge is 0.253 e. The predicted octanol–water partition coefficient (Wildman–Crippen LogP) is 3.16. The molecule has 1 unspecified atom stereocenters. The molecule has 0 saturated carbocycles. The second kappa shape index (κ2) is 7.87. The second-order valence-corrected chi connectivity index (χ2v) is 6.51. The maximum atomic E-state index is 12.2. The normalized spacial score (nSPS) is 17.4. The van der Waals surface area contributed by atoms with Crippen LogP contribution in [0.25, 0.3) is 0 Å². The third kappa shape index (κ3) is 4.51. The zero-order valence-electron chi connectivity index (χ0n) is 13.2. The van der Waals surface area contributed by atoms with Crippen LogP contribution in [0.3, 0.4) is 0 Å². The van der Waals surface area contributed by atoms with E-state index in [1.54, 1.807) is 47.4 Å². The van der Waals surface area contributed by atoms with Gasteiger partial charge in [0.05, 0.1) is 12.6 Å². The van der Waals surface area contributed by atoms with Crippen molar-refractivity contribution in [3.63, 3.8) is 0 Å². The molecule has 2 aromatic carbocycles. The van der Waals surface area contributed by atoms with Gasteiger partial charge in [0, 0.05) is 27.8 Å². The summed E-state index contributed by atoms with van der Waals surface area (Å²) in [6.45, 7) is 0.611. The molecule has 1 N–H and O–H groups in total. The van der Waals surface area contributed by atoms with Gasteiger partial charge in [-0.15, -0.1) is 0 Å². The Morgan fingerprint density at radius 1 is 1.16 bits per heavy atom. The molecule has 5 nitrogen and oxygen atoms in total. The Kier molecular flexibility index (Phi) is 5.58. The Morgan fingerprint density at radius 2 is 1.92 bits per heavy atom. The molecule has 0 aromatic heterocycles. The number of hydrogen-bond donors (Lipinski definition) is 1. The van der Waals surface area contributed by atoms with Gasteiger partial charge in [-0.2, -0.15) is 0 Å². The molecule has 0 radical (unpaired) electrons. The Morgan fingerprint density at radius 3 is 2.64 bits per heavy atom. The van der Waals surface area contributed by atoms with E-state index in [4.69, 9.17) is 27.9 Å². The van der Waals surface area contributed by atoms with Gasteiger partial charge < -0.3 is 15.0 Å². The Bertz CT molecular complexity index is 780. The van der Waals surface area contributed by atoms with E-state index in [1.807, 2.05) is 6.07 Å². The first-order valence-corrected chi connectivity index (χ1v) is 8.50. The number of ether oxygens (including phenoxy) is 1. The minimum atomic E-state index is -0.298. The van der Waals surface area contributed by atoms with Gasteiger partial charge in [0.15, 0.2) is 0 Å². The molecule has 7 heteroatoms. The van der Waals surface area contributed by atoms with Gasteiger partial charge in [-0.1, -0.05) is 29.3 Å². The minimum Gasteiger partial charge on any atom is -0.365 e. The number of hydrogen-bond acceptors (Lipinski definition) is 3. The molecule has 1 fully saturated rings. The van der Waals surface area contributed by atoms with Gasteiger partial charge >= 0.3 is 0 Å². The number of anilines is 1. The van der Waals surface area contributed by atoms with E-state index >= 15 is 0 Å². The van der Waals surface area contributed by atoms with Gasteiger partial charge in [0.1, 0.15) is 6.61 Å². The van der Waals surface area contributed by atoms with E-state index in [0.717, 1.165) is 5.69 Å². The van der Waals surface area contributed by atoms with Crippen LogP contribution in [0.2, 0.25) is 10.0 Å². The van der Waals surface area contributed by atoms with Gasteiger partial charge in [0.2, 0.25) is 0 Å². The van der Waals surface area contributed by atoms with E-state index in [2.05, 4.69) is 5.32 Å². The number of nitrogens with zero attached hydrogens (tertiary/aromatic N) is 1. The second-order valence-electron chi connectivity index (χ2n) is 5.63. The number of morpholine rings is 1. The zero-order valence-corrected chi connectivity index (χ0v) is 14.8. The molecule has 1 atom stereocenters. The summed E-state index contributed by atoms with van der Waals surface area (Å²) in [5.74, 6) is -0.353. The molecule has 1 aliphatic rings.